The number of amides is 2. The van der Waals surface area contributed by atoms with Crippen molar-refractivity contribution >= 4 is 17.8 Å². The second kappa shape index (κ2) is 8.77. The molecule has 1 unspecified atom stereocenters. The highest BCUT2D eigenvalue weighted by Gasteiger charge is 2.24. The van der Waals surface area contributed by atoms with Gasteiger partial charge in [0.25, 0.3) is 0 Å². The van der Waals surface area contributed by atoms with Crippen LogP contribution in [0.3, 0.4) is 0 Å². The van der Waals surface area contributed by atoms with Gasteiger partial charge in [-0.25, -0.2) is 14.8 Å². The molecule has 1 saturated heterocycles. The predicted molar refractivity (Wildman–Crippen MR) is 112 cm³/mol. The number of piperidine rings is 1. The van der Waals surface area contributed by atoms with Crippen LogP contribution >= 0.6 is 0 Å². The Morgan fingerprint density at radius 1 is 1.30 bits per heavy atom. The fourth-order valence-electron chi connectivity index (χ4n) is 3.34. The van der Waals surface area contributed by atoms with Crippen LogP contribution in [0.15, 0.2) is 59.2 Å². The third kappa shape index (κ3) is 4.83. The zero-order chi connectivity index (χ0) is 20.9. The number of carbonyl (C=O) groups is 1. The molecule has 1 N–H and O–H groups in total. The van der Waals surface area contributed by atoms with Gasteiger partial charge in [0.2, 0.25) is 0 Å². The number of hydrogen-bond donors (Lipinski definition) is 1. The largest absolute Gasteiger partial charge is 0.424 e. The number of nitrogens with zero attached hydrogens (tertiary/aromatic N) is 4. The van der Waals surface area contributed by atoms with Crippen LogP contribution in [-0.2, 0) is 0 Å². The molecule has 154 valence electrons. The summed E-state index contributed by atoms with van der Waals surface area (Å²) in [5.74, 6) is 0.934. The Morgan fingerprint density at radius 3 is 2.87 bits per heavy atom. The number of ether oxygens (including phenoxy) is 1. The number of aromatic nitrogens is 3. The Labute approximate surface area is 174 Å². The average molecular weight is 405 g/mol. The van der Waals surface area contributed by atoms with E-state index >= 15 is 0 Å². The van der Waals surface area contributed by atoms with Crippen molar-refractivity contribution in [1.29, 1.82) is 0 Å². The summed E-state index contributed by atoms with van der Waals surface area (Å²) in [5, 5.41) is 6.39. The lowest BCUT2D eigenvalue weighted by atomic mass is 9.91. The minimum absolute atomic E-state index is 0.141. The standard InChI is InChI=1S/C22H23N5O3/c1-15-10-23-21(24-11-15)30-20-5-3-4-17(9-20)8-18-6-7-27(13-16(18)2)22(28)26-19-12-25-29-14-19/h3-5,8-12,14,16H,6-7,13H2,1-2H3,(H,26,28)/b18-8+. The summed E-state index contributed by atoms with van der Waals surface area (Å²) in [6.07, 6.45) is 9.32. The lowest BCUT2D eigenvalue weighted by Crippen LogP contribution is -2.42. The lowest BCUT2D eigenvalue weighted by molar-refractivity contribution is 0.198. The van der Waals surface area contributed by atoms with Gasteiger partial charge in [0.05, 0.1) is 6.20 Å². The van der Waals surface area contributed by atoms with E-state index in [0.29, 0.717) is 30.5 Å². The molecule has 3 heterocycles. The molecule has 0 saturated carbocycles. The van der Waals surface area contributed by atoms with Crippen molar-refractivity contribution in [2.45, 2.75) is 20.3 Å². The molecular formula is C22H23N5O3. The van der Waals surface area contributed by atoms with E-state index in [4.69, 9.17) is 9.26 Å². The third-order valence-electron chi connectivity index (χ3n) is 4.94. The van der Waals surface area contributed by atoms with E-state index in [1.807, 2.05) is 36.1 Å². The molecule has 30 heavy (non-hydrogen) atoms. The molecule has 2 amide bonds. The van der Waals surface area contributed by atoms with Crippen LogP contribution in [0, 0.1) is 12.8 Å². The van der Waals surface area contributed by atoms with Gasteiger partial charge in [-0.05, 0) is 42.5 Å². The van der Waals surface area contributed by atoms with Crippen molar-refractivity contribution in [3.8, 4) is 11.8 Å². The first kappa shape index (κ1) is 19.6. The van der Waals surface area contributed by atoms with E-state index < -0.39 is 0 Å². The number of benzene rings is 1. The minimum atomic E-state index is -0.141. The molecule has 1 aliphatic heterocycles. The second-order valence-corrected chi connectivity index (χ2v) is 7.38. The SMILES string of the molecule is Cc1cnc(Oc2cccc(/C=C3\CCN(C(=O)Nc4cnoc4)CC3C)c2)nc1. The average Bonchev–Trinajstić information content (AvgIpc) is 3.24. The molecule has 1 aromatic carbocycles. The first-order chi connectivity index (χ1) is 14.6. The van der Waals surface area contributed by atoms with Crippen LogP contribution < -0.4 is 10.1 Å². The molecule has 0 bridgehead atoms. The van der Waals surface area contributed by atoms with Crippen LogP contribution in [0.2, 0.25) is 0 Å². The zero-order valence-corrected chi connectivity index (χ0v) is 16.9. The van der Waals surface area contributed by atoms with Gasteiger partial charge in [-0.3, -0.25) is 0 Å². The molecule has 0 aliphatic carbocycles. The molecule has 1 aliphatic rings. The van der Waals surface area contributed by atoms with Gasteiger partial charge in [-0.2, -0.15) is 0 Å². The normalized spacial score (nSPS) is 17.7. The lowest BCUT2D eigenvalue weighted by Gasteiger charge is -2.33. The number of hydrogen-bond acceptors (Lipinski definition) is 6. The predicted octanol–water partition coefficient (Wildman–Crippen LogP) is 4.52. The number of aryl methyl sites for hydroxylation is 1. The van der Waals surface area contributed by atoms with Gasteiger partial charge in [0.1, 0.15) is 17.7 Å². The molecule has 8 heteroatoms. The maximum Gasteiger partial charge on any atom is 0.322 e. The highest BCUT2D eigenvalue weighted by Crippen LogP contribution is 2.27. The number of rotatable bonds is 4. The molecule has 3 aromatic rings. The van der Waals surface area contributed by atoms with Crippen molar-refractivity contribution in [2.75, 3.05) is 18.4 Å². The number of carbonyl (C=O) groups excluding carboxylic acids is 1. The molecular weight excluding hydrogens is 382 g/mol. The Balaban J connectivity index is 1.40. The topological polar surface area (TPSA) is 93.4 Å². The summed E-state index contributed by atoms with van der Waals surface area (Å²) in [4.78, 5) is 22.6. The van der Waals surface area contributed by atoms with E-state index in [0.717, 1.165) is 17.5 Å². The maximum atomic E-state index is 12.4. The van der Waals surface area contributed by atoms with Crippen molar-refractivity contribution in [3.63, 3.8) is 0 Å². The van der Waals surface area contributed by atoms with Gasteiger partial charge < -0.3 is 19.5 Å². The summed E-state index contributed by atoms with van der Waals surface area (Å²) in [6.45, 7) is 5.36. The number of likely N-dealkylation sites (tertiary alicyclic amines) is 1. The van der Waals surface area contributed by atoms with E-state index in [-0.39, 0.29) is 11.9 Å². The van der Waals surface area contributed by atoms with Crippen molar-refractivity contribution in [2.24, 2.45) is 5.92 Å². The van der Waals surface area contributed by atoms with Crippen LogP contribution in [0.25, 0.3) is 6.08 Å². The Kier molecular flexibility index (Phi) is 5.74. The zero-order valence-electron chi connectivity index (χ0n) is 16.9. The van der Waals surface area contributed by atoms with Gasteiger partial charge in [0, 0.05) is 25.5 Å². The molecule has 0 radical (unpaired) electrons. The van der Waals surface area contributed by atoms with Crippen molar-refractivity contribution in [1.82, 2.24) is 20.0 Å². The second-order valence-electron chi connectivity index (χ2n) is 7.38. The van der Waals surface area contributed by atoms with Crippen molar-refractivity contribution < 1.29 is 14.1 Å². The van der Waals surface area contributed by atoms with Crippen LogP contribution in [0.4, 0.5) is 10.5 Å². The Hall–Kier alpha value is -3.68. The van der Waals surface area contributed by atoms with Crippen LogP contribution in [-0.4, -0.2) is 39.1 Å². The van der Waals surface area contributed by atoms with Crippen LogP contribution in [0.5, 0.6) is 11.8 Å². The quantitative estimate of drug-likeness (QED) is 0.686. The number of urea groups is 1. The van der Waals surface area contributed by atoms with Crippen LogP contribution in [0.1, 0.15) is 24.5 Å². The number of nitrogens with one attached hydrogen (secondary N) is 1. The highest BCUT2D eigenvalue weighted by molar-refractivity contribution is 5.89. The smallest absolute Gasteiger partial charge is 0.322 e. The van der Waals surface area contributed by atoms with E-state index in [1.165, 1.54) is 18.0 Å². The number of anilines is 1. The molecule has 1 atom stereocenters. The molecule has 0 spiro atoms. The third-order valence-corrected chi connectivity index (χ3v) is 4.94. The van der Waals surface area contributed by atoms with E-state index in [2.05, 4.69) is 33.4 Å². The van der Waals surface area contributed by atoms with E-state index in [1.54, 1.807) is 12.4 Å². The molecule has 2 aromatic heterocycles. The Morgan fingerprint density at radius 2 is 2.13 bits per heavy atom. The monoisotopic (exact) mass is 405 g/mol. The first-order valence-corrected chi connectivity index (χ1v) is 9.79. The molecule has 4 rings (SSSR count). The molecule has 1 fully saturated rings. The summed E-state index contributed by atoms with van der Waals surface area (Å²) < 4.78 is 10.5. The minimum Gasteiger partial charge on any atom is -0.424 e. The first-order valence-electron chi connectivity index (χ1n) is 9.79. The summed E-state index contributed by atoms with van der Waals surface area (Å²) >= 11 is 0. The summed E-state index contributed by atoms with van der Waals surface area (Å²) in [7, 11) is 0. The fraction of sp³-hybridized carbons (Fsp3) is 0.273. The Bertz CT molecular complexity index is 1030. The molecule has 8 nitrogen and oxygen atoms in total. The van der Waals surface area contributed by atoms with Crippen molar-refractivity contribution in [3.05, 3.63) is 65.8 Å². The maximum absolute atomic E-state index is 12.4. The fourth-order valence-corrected chi connectivity index (χ4v) is 3.34. The highest BCUT2D eigenvalue weighted by atomic mass is 16.5. The van der Waals surface area contributed by atoms with Gasteiger partial charge in [0.15, 0.2) is 0 Å². The summed E-state index contributed by atoms with van der Waals surface area (Å²) in [6, 6.07) is 8.01. The van der Waals surface area contributed by atoms with Gasteiger partial charge in [-0.15, -0.1) is 0 Å². The summed E-state index contributed by atoms with van der Waals surface area (Å²) in [5.41, 5.74) is 3.89. The van der Waals surface area contributed by atoms with Gasteiger partial charge in [-0.1, -0.05) is 35.9 Å². The van der Waals surface area contributed by atoms with E-state index in [9.17, 15) is 4.79 Å². The van der Waals surface area contributed by atoms with Gasteiger partial charge >= 0.3 is 12.0 Å².